The van der Waals surface area contributed by atoms with Gasteiger partial charge in [0.25, 0.3) is 0 Å². The summed E-state index contributed by atoms with van der Waals surface area (Å²) in [7, 11) is 0. The van der Waals surface area contributed by atoms with Crippen LogP contribution in [0.4, 0.5) is 4.39 Å². The first-order valence-corrected chi connectivity index (χ1v) is 9.20. The molecule has 0 saturated carbocycles. The number of halogens is 1. The third-order valence-electron chi connectivity index (χ3n) is 4.41. The summed E-state index contributed by atoms with van der Waals surface area (Å²) in [5.74, 6) is 0.232. The fourth-order valence-electron chi connectivity index (χ4n) is 2.97. The van der Waals surface area contributed by atoms with Gasteiger partial charge in [-0.2, -0.15) is 0 Å². The number of benzene rings is 2. The standard InChI is InChI=1S/C22H20FN3O2/c1-2-13-27-24-20(15-26-12-11-17-5-3-4-6-21(17)26)22-14-19(25-28-22)16-7-9-18(23)10-8-16/h3-12,14H,2,13,15H2,1H3/b24-20+. The average Bonchev–Trinajstić information content (AvgIpc) is 3.36. The molecule has 0 amide bonds. The zero-order valence-corrected chi connectivity index (χ0v) is 15.5. The monoisotopic (exact) mass is 377 g/mol. The molecule has 4 aromatic rings. The first-order valence-electron chi connectivity index (χ1n) is 9.20. The van der Waals surface area contributed by atoms with Crippen LogP contribution < -0.4 is 0 Å². The van der Waals surface area contributed by atoms with Gasteiger partial charge in [-0.15, -0.1) is 0 Å². The normalized spacial score (nSPS) is 11.9. The maximum Gasteiger partial charge on any atom is 0.186 e. The van der Waals surface area contributed by atoms with Gasteiger partial charge < -0.3 is 13.9 Å². The van der Waals surface area contributed by atoms with E-state index in [-0.39, 0.29) is 5.82 Å². The number of hydrogen-bond donors (Lipinski definition) is 0. The Morgan fingerprint density at radius 2 is 1.96 bits per heavy atom. The highest BCUT2D eigenvalue weighted by Gasteiger charge is 2.15. The van der Waals surface area contributed by atoms with Crippen LogP contribution in [-0.4, -0.2) is 22.0 Å². The lowest BCUT2D eigenvalue weighted by atomic mass is 10.1. The van der Waals surface area contributed by atoms with Gasteiger partial charge in [-0.3, -0.25) is 0 Å². The molecule has 0 atom stereocenters. The topological polar surface area (TPSA) is 52.5 Å². The Morgan fingerprint density at radius 1 is 1.14 bits per heavy atom. The molecule has 0 spiro atoms. The molecule has 2 aromatic heterocycles. The second-order valence-electron chi connectivity index (χ2n) is 6.46. The lowest BCUT2D eigenvalue weighted by molar-refractivity contribution is 0.144. The molecule has 5 nitrogen and oxygen atoms in total. The van der Waals surface area contributed by atoms with E-state index < -0.39 is 0 Å². The second-order valence-corrected chi connectivity index (χ2v) is 6.46. The Hall–Kier alpha value is -3.41. The number of oxime groups is 1. The lowest BCUT2D eigenvalue weighted by Gasteiger charge is -2.07. The number of fused-ring (bicyclic) bond motifs is 1. The quantitative estimate of drug-likeness (QED) is 0.251. The first-order chi connectivity index (χ1) is 13.7. The fraction of sp³-hybridized carbons (Fsp3) is 0.182. The van der Waals surface area contributed by atoms with E-state index in [1.165, 1.54) is 12.1 Å². The van der Waals surface area contributed by atoms with Crippen molar-refractivity contribution in [3.8, 4) is 11.3 Å². The van der Waals surface area contributed by atoms with Crippen LogP contribution in [0.3, 0.4) is 0 Å². The molecule has 0 aliphatic rings. The Labute approximate surface area is 162 Å². The molecule has 4 rings (SSSR count). The number of nitrogens with zero attached hydrogens (tertiary/aromatic N) is 3. The van der Waals surface area contributed by atoms with Crippen molar-refractivity contribution in [1.29, 1.82) is 0 Å². The minimum absolute atomic E-state index is 0.290. The van der Waals surface area contributed by atoms with Crippen molar-refractivity contribution in [3.05, 3.63) is 78.4 Å². The van der Waals surface area contributed by atoms with Crippen LogP contribution in [0.15, 0.2) is 76.5 Å². The minimum atomic E-state index is -0.290. The first kappa shape index (κ1) is 18.0. The van der Waals surface area contributed by atoms with Crippen LogP contribution in [0.2, 0.25) is 0 Å². The van der Waals surface area contributed by atoms with Crippen molar-refractivity contribution in [2.24, 2.45) is 5.16 Å². The highest BCUT2D eigenvalue weighted by molar-refractivity contribution is 5.99. The highest BCUT2D eigenvalue weighted by Crippen LogP contribution is 2.21. The minimum Gasteiger partial charge on any atom is -0.395 e. The molecule has 0 fully saturated rings. The van der Waals surface area contributed by atoms with Crippen molar-refractivity contribution in [2.75, 3.05) is 6.61 Å². The molecule has 2 heterocycles. The summed E-state index contributed by atoms with van der Waals surface area (Å²) in [6.45, 7) is 3.03. The predicted molar refractivity (Wildman–Crippen MR) is 107 cm³/mol. The highest BCUT2D eigenvalue weighted by atomic mass is 19.1. The lowest BCUT2D eigenvalue weighted by Crippen LogP contribution is -2.11. The van der Waals surface area contributed by atoms with Crippen LogP contribution in [-0.2, 0) is 11.4 Å². The summed E-state index contributed by atoms with van der Waals surface area (Å²) in [5.41, 5.74) is 3.13. The van der Waals surface area contributed by atoms with Crippen molar-refractivity contribution in [1.82, 2.24) is 9.72 Å². The summed E-state index contributed by atoms with van der Waals surface area (Å²) in [6.07, 6.45) is 2.87. The van der Waals surface area contributed by atoms with Gasteiger partial charge in [-0.25, -0.2) is 4.39 Å². The summed E-state index contributed by atoms with van der Waals surface area (Å²) in [6, 6.07) is 18.1. The van der Waals surface area contributed by atoms with Crippen LogP contribution in [0.25, 0.3) is 22.2 Å². The maximum atomic E-state index is 13.2. The van der Waals surface area contributed by atoms with E-state index in [0.717, 1.165) is 22.9 Å². The van der Waals surface area contributed by atoms with Crippen molar-refractivity contribution >= 4 is 16.6 Å². The van der Waals surface area contributed by atoms with Gasteiger partial charge in [0.1, 0.15) is 23.8 Å². The smallest absolute Gasteiger partial charge is 0.186 e. The van der Waals surface area contributed by atoms with E-state index in [2.05, 4.69) is 33.1 Å². The van der Waals surface area contributed by atoms with Gasteiger partial charge in [0.15, 0.2) is 5.76 Å². The zero-order valence-electron chi connectivity index (χ0n) is 15.5. The van der Waals surface area contributed by atoms with Gasteiger partial charge in [-0.05, 0) is 48.2 Å². The molecule has 6 heteroatoms. The van der Waals surface area contributed by atoms with Gasteiger partial charge in [0.2, 0.25) is 0 Å². The summed E-state index contributed by atoms with van der Waals surface area (Å²) in [4.78, 5) is 5.43. The molecule has 0 aliphatic heterocycles. The van der Waals surface area contributed by atoms with Gasteiger partial charge >= 0.3 is 0 Å². The molecule has 0 unspecified atom stereocenters. The van der Waals surface area contributed by atoms with Crippen molar-refractivity contribution in [2.45, 2.75) is 19.9 Å². The van der Waals surface area contributed by atoms with Crippen LogP contribution >= 0.6 is 0 Å². The number of hydrogen-bond acceptors (Lipinski definition) is 4. The largest absolute Gasteiger partial charge is 0.395 e. The third-order valence-corrected chi connectivity index (χ3v) is 4.41. The zero-order chi connectivity index (χ0) is 19.3. The molecule has 0 aliphatic carbocycles. The molecule has 0 radical (unpaired) electrons. The molecule has 0 saturated heterocycles. The third kappa shape index (κ3) is 3.81. The second kappa shape index (κ2) is 8.08. The molecular weight excluding hydrogens is 357 g/mol. The summed E-state index contributed by atoms with van der Waals surface area (Å²) < 4.78 is 20.8. The van der Waals surface area contributed by atoms with E-state index >= 15 is 0 Å². The molecule has 142 valence electrons. The van der Waals surface area contributed by atoms with E-state index in [1.54, 1.807) is 18.2 Å². The fourth-order valence-corrected chi connectivity index (χ4v) is 2.97. The van der Waals surface area contributed by atoms with Crippen molar-refractivity contribution < 1.29 is 13.8 Å². The van der Waals surface area contributed by atoms with E-state index in [0.29, 0.717) is 30.3 Å². The molecule has 0 N–H and O–H groups in total. The Morgan fingerprint density at radius 3 is 2.79 bits per heavy atom. The number of para-hydroxylation sites is 1. The van der Waals surface area contributed by atoms with Crippen LogP contribution in [0.5, 0.6) is 0 Å². The van der Waals surface area contributed by atoms with Crippen molar-refractivity contribution in [3.63, 3.8) is 0 Å². The maximum absolute atomic E-state index is 13.2. The predicted octanol–water partition coefficient (Wildman–Crippen LogP) is 5.27. The average molecular weight is 377 g/mol. The Balaban J connectivity index is 1.65. The number of aromatic nitrogens is 2. The van der Waals surface area contributed by atoms with Crippen LogP contribution in [0.1, 0.15) is 19.1 Å². The van der Waals surface area contributed by atoms with E-state index in [9.17, 15) is 4.39 Å². The van der Waals surface area contributed by atoms with Gasteiger partial charge in [-0.1, -0.05) is 35.4 Å². The SMILES string of the molecule is CCCO/N=C(\Cn1ccc2ccccc21)c1cc(-c2ccc(F)cc2)no1. The van der Waals surface area contributed by atoms with E-state index in [1.807, 2.05) is 25.3 Å². The Kier molecular flexibility index (Phi) is 5.19. The van der Waals surface area contributed by atoms with E-state index in [4.69, 9.17) is 9.36 Å². The number of rotatable bonds is 7. The van der Waals surface area contributed by atoms with Gasteiger partial charge in [0.05, 0.1) is 6.54 Å². The Bertz CT molecular complexity index is 1100. The summed E-state index contributed by atoms with van der Waals surface area (Å²) >= 11 is 0. The summed E-state index contributed by atoms with van der Waals surface area (Å²) in [5, 5.41) is 9.56. The molecular formula is C22H20FN3O2. The molecule has 28 heavy (non-hydrogen) atoms. The van der Waals surface area contributed by atoms with Crippen LogP contribution in [0, 0.1) is 5.82 Å². The van der Waals surface area contributed by atoms with Gasteiger partial charge in [0, 0.05) is 23.3 Å². The molecule has 2 aromatic carbocycles. The molecule has 0 bridgehead atoms.